The number of H-pyrrole nitrogens is 1. The third kappa shape index (κ3) is 1.68. The summed E-state index contributed by atoms with van der Waals surface area (Å²) >= 11 is 0. The van der Waals surface area contributed by atoms with Crippen LogP contribution >= 0.6 is 0 Å². The molecule has 76 valence electrons. The van der Waals surface area contributed by atoms with Gasteiger partial charge in [0, 0.05) is 11.6 Å². The van der Waals surface area contributed by atoms with Crippen molar-refractivity contribution in [2.24, 2.45) is 0 Å². The second-order valence-electron chi connectivity index (χ2n) is 3.64. The Hall–Kier alpha value is -1.90. The smallest absolute Gasteiger partial charge is 0.248 e. The van der Waals surface area contributed by atoms with Gasteiger partial charge in [-0.1, -0.05) is 0 Å². The number of Topliss-reactive ketones (excluding diaryl/α,β-unsaturated/α-hetero) is 1. The number of aromatic amines is 1. The van der Waals surface area contributed by atoms with Gasteiger partial charge in [0.15, 0.2) is 5.78 Å². The largest absolute Gasteiger partial charge is 0.322 e. The van der Waals surface area contributed by atoms with Crippen LogP contribution in [0.1, 0.15) is 22.8 Å². The molecule has 1 aromatic heterocycles. The topological polar surface area (TPSA) is 49.9 Å². The third-order valence-electron chi connectivity index (χ3n) is 2.44. The Morgan fingerprint density at radius 2 is 2.00 bits per heavy atom. The van der Waals surface area contributed by atoms with E-state index in [-0.39, 0.29) is 11.3 Å². The molecule has 1 heterocycles. The van der Waals surface area contributed by atoms with Gasteiger partial charge in [-0.2, -0.15) is 0 Å². The molecule has 0 spiro atoms. The number of fused-ring (bicyclic) bond motifs is 1. The number of carbonyl (C=O) groups is 1. The number of nitrogens with one attached hydrogen (secondary N) is 1. The van der Waals surface area contributed by atoms with Crippen LogP contribution in [0.15, 0.2) is 29.1 Å². The minimum Gasteiger partial charge on any atom is -0.322 e. The molecule has 3 heteroatoms. The van der Waals surface area contributed by atoms with Gasteiger partial charge < -0.3 is 4.98 Å². The predicted octanol–water partition coefficient (Wildman–Crippen LogP) is 2.04. The Labute approximate surface area is 86.8 Å². The predicted molar refractivity (Wildman–Crippen MR) is 59.3 cm³/mol. The standard InChI is InChI=1S/C12H11NO2/c1-7-5-10(8(2)14)6-9-3-4-11(15)13-12(7)9/h3-6H,1-2H3,(H,13,15). The van der Waals surface area contributed by atoms with E-state index in [9.17, 15) is 9.59 Å². The molecule has 0 aliphatic heterocycles. The Morgan fingerprint density at radius 1 is 1.27 bits per heavy atom. The summed E-state index contributed by atoms with van der Waals surface area (Å²) in [6.45, 7) is 3.41. The van der Waals surface area contributed by atoms with E-state index in [2.05, 4.69) is 4.98 Å². The van der Waals surface area contributed by atoms with Crippen molar-refractivity contribution >= 4 is 16.7 Å². The average molecular weight is 201 g/mol. The van der Waals surface area contributed by atoms with Crippen molar-refractivity contribution in [3.8, 4) is 0 Å². The van der Waals surface area contributed by atoms with Gasteiger partial charge in [0.05, 0.1) is 5.52 Å². The molecular weight excluding hydrogens is 190 g/mol. The van der Waals surface area contributed by atoms with Crippen molar-refractivity contribution in [1.82, 2.24) is 4.98 Å². The molecule has 0 saturated heterocycles. The second-order valence-corrected chi connectivity index (χ2v) is 3.64. The molecule has 0 saturated carbocycles. The van der Waals surface area contributed by atoms with Crippen LogP contribution in [-0.2, 0) is 0 Å². The van der Waals surface area contributed by atoms with Crippen LogP contribution in [-0.4, -0.2) is 10.8 Å². The number of rotatable bonds is 1. The normalized spacial score (nSPS) is 10.5. The summed E-state index contributed by atoms with van der Waals surface area (Å²) in [4.78, 5) is 25.1. The van der Waals surface area contributed by atoms with E-state index in [0.717, 1.165) is 16.5 Å². The minimum absolute atomic E-state index is 0.0335. The van der Waals surface area contributed by atoms with Gasteiger partial charge in [-0.3, -0.25) is 9.59 Å². The highest BCUT2D eigenvalue weighted by atomic mass is 16.1. The maximum atomic E-state index is 11.2. The van der Waals surface area contributed by atoms with Crippen LogP contribution in [0.2, 0.25) is 0 Å². The summed E-state index contributed by atoms with van der Waals surface area (Å²) in [6.07, 6.45) is 0. The van der Waals surface area contributed by atoms with Crippen LogP contribution < -0.4 is 5.56 Å². The van der Waals surface area contributed by atoms with E-state index >= 15 is 0 Å². The molecule has 0 aliphatic rings. The Bertz CT molecular complexity index is 596. The number of benzene rings is 1. The first kappa shape index (κ1) is 9.65. The number of pyridine rings is 1. The molecule has 1 N–H and O–H groups in total. The van der Waals surface area contributed by atoms with Gasteiger partial charge in [0.2, 0.25) is 5.56 Å². The number of carbonyl (C=O) groups excluding carboxylic acids is 1. The lowest BCUT2D eigenvalue weighted by molar-refractivity contribution is 0.101. The first-order valence-corrected chi connectivity index (χ1v) is 4.72. The zero-order valence-corrected chi connectivity index (χ0v) is 8.63. The fraction of sp³-hybridized carbons (Fsp3) is 0.167. The van der Waals surface area contributed by atoms with E-state index in [4.69, 9.17) is 0 Å². The van der Waals surface area contributed by atoms with Gasteiger partial charge in [-0.25, -0.2) is 0 Å². The highest BCUT2D eigenvalue weighted by Gasteiger charge is 2.04. The summed E-state index contributed by atoms with van der Waals surface area (Å²) in [5.41, 5.74) is 2.26. The van der Waals surface area contributed by atoms with Crippen LogP contribution in [0.3, 0.4) is 0 Å². The fourth-order valence-electron chi connectivity index (χ4n) is 1.65. The maximum Gasteiger partial charge on any atom is 0.248 e. The maximum absolute atomic E-state index is 11.2. The molecule has 0 bridgehead atoms. The van der Waals surface area contributed by atoms with Crippen LogP contribution in [0.5, 0.6) is 0 Å². The average Bonchev–Trinajstić information content (AvgIpc) is 2.18. The van der Waals surface area contributed by atoms with Crippen molar-refractivity contribution in [2.75, 3.05) is 0 Å². The molecule has 3 nitrogen and oxygen atoms in total. The number of hydrogen-bond acceptors (Lipinski definition) is 2. The summed E-state index contributed by atoms with van der Waals surface area (Å²) in [5.74, 6) is 0.0335. The fourth-order valence-corrected chi connectivity index (χ4v) is 1.65. The third-order valence-corrected chi connectivity index (χ3v) is 2.44. The number of aryl methyl sites for hydroxylation is 1. The highest BCUT2D eigenvalue weighted by Crippen LogP contribution is 2.17. The van der Waals surface area contributed by atoms with Crippen molar-refractivity contribution in [1.29, 1.82) is 0 Å². The quantitative estimate of drug-likeness (QED) is 0.718. The van der Waals surface area contributed by atoms with Gasteiger partial charge in [-0.05, 0) is 43.0 Å². The van der Waals surface area contributed by atoms with E-state index in [1.165, 1.54) is 13.0 Å². The van der Waals surface area contributed by atoms with Crippen LogP contribution in [0, 0.1) is 6.92 Å². The van der Waals surface area contributed by atoms with Crippen molar-refractivity contribution < 1.29 is 4.79 Å². The molecule has 2 rings (SSSR count). The van der Waals surface area contributed by atoms with Crippen molar-refractivity contribution in [3.63, 3.8) is 0 Å². The first-order valence-electron chi connectivity index (χ1n) is 4.72. The monoisotopic (exact) mass is 201 g/mol. The molecule has 0 amide bonds. The Kier molecular flexibility index (Phi) is 2.15. The van der Waals surface area contributed by atoms with E-state index in [1.807, 2.05) is 6.92 Å². The van der Waals surface area contributed by atoms with Crippen molar-refractivity contribution in [3.05, 3.63) is 45.7 Å². The zero-order valence-electron chi connectivity index (χ0n) is 8.63. The molecule has 15 heavy (non-hydrogen) atoms. The molecule has 2 aromatic rings. The molecule has 0 aliphatic carbocycles. The lowest BCUT2D eigenvalue weighted by Gasteiger charge is -2.04. The molecule has 0 atom stereocenters. The lowest BCUT2D eigenvalue weighted by Crippen LogP contribution is -2.04. The molecule has 0 fully saturated rings. The van der Waals surface area contributed by atoms with Crippen LogP contribution in [0.25, 0.3) is 10.9 Å². The number of hydrogen-bond donors (Lipinski definition) is 1. The molecule has 0 radical (unpaired) electrons. The van der Waals surface area contributed by atoms with Gasteiger partial charge in [-0.15, -0.1) is 0 Å². The van der Waals surface area contributed by atoms with Gasteiger partial charge >= 0.3 is 0 Å². The van der Waals surface area contributed by atoms with Gasteiger partial charge in [0.25, 0.3) is 0 Å². The summed E-state index contributed by atoms with van der Waals surface area (Å²) in [6, 6.07) is 6.78. The summed E-state index contributed by atoms with van der Waals surface area (Å²) in [5, 5.41) is 0.889. The SMILES string of the molecule is CC(=O)c1cc(C)c2[nH]c(=O)ccc2c1. The summed E-state index contributed by atoms with van der Waals surface area (Å²) in [7, 11) is 0. The van der Waals surface area contributed by atoms with Crippen molar-refractivity contribution in [2.45, 2.75) is 13.8 Å². The van der Waals surface area contributed by atoms with E-state index in [1.54, 1.807) is 18.2 Å². The minimum atomic E-state index is -0.124. The zero-order chi connectivity index (χ0) is 11.0. The van der Waals surface area contributed by atoms with Crippen LogP contribution in [0.4, 0.5) is 0 Å². The van der Waals surface area contributed by atoms with Gasteiger partial charge in [0.1, 0.15) is 0 Å². The molecule has 1 aromatic carbocycles. The lowest BCUT2D eigenvalue weighted by atomic mass is 10.0. The van der Waals surface area contributed by atoms with E-state index < -0.39 is 0 Å². The first-order chi connectivity index (χ1) is 7.08. The second kappa shape index (κ2) is 3.35. The summed E-state index contributed by atoms with van der Waals surface area (Å²) < 4.78 is 0. The highest BCUT2D eigenvalue weighted by molar-refractivity contribution is 5.98. The molecular formula is C12H11NO2. The molecule has 0 unspecified atom stereocenters. The number of aromatic nitrogens is 1. The Balaban J connectivity index is 2.84. The Morgan fingerprint density at radius 3 is 2.67 bits per heavy atom. The number of ketones is 1. The van der Waals surface area contributed by atoms with E-state index in [0.29, 0.717) is 5.56 Å².